The highest BCUT2D eigenvalue weighted by atomic mass is 32.2. The number of nitrogens with zero attached hydrogens (tertiary/aromatic N) is 2. The van der Waals surface area contributed by atoms with Crippen molar-refractivity contribution in [3.8, 4) is 0 Å². The zero-order chi connectivity index (χ0) is 21.0. The quantitative estimate of drug-likeness (QED) is 0.779. The number of thioether (sulfide) groups is 1. The lowest BCUT2D eigenvalue weighted by atomic mass is 10.2. The van der Waals surface area contributed by atoms with E-state index in [0.29, 0.717) is 23.1 Å². The average Bonchev–Trinajstić information content (AvgIpc) is 2.68. The second kappa shape index (κ2) is 8.87. The summed E-state index contributed by atoms with van der Waals surface area (Å²) in [5.74, 6) is -2.15. The van der Waals surface area contributed by atoms with Gasteiger partial charge in [0, 0.05) is 18.7 Å². The summed E-state index contributed by atoms with van der Waals surface area (Å²) in [7, 11) is 0. The molecule has 29 heavy (non-hydrogen) atoms. The predicted octanol–water partition coefficient (Wildman–Crippen LogP) is 3.50. The summed E-state index contributed by atoms with van der Waals surface area (Å²) in [5, 5.41) is 11.2. The monoisotopic (exact) mass is 415 g/mol. The van der Waals surface area contributed by atoms with Crippen molar-refractivity contribution in [2.24, 2.45) is 4.99 Å². The molecule has 0 aliphatic carbocycles. The highest BCUT2D eigenvalue weighted by molar-refractivity contribution is 8.15. The van der Waals surface area contributed by atoms with Gasteiger partial charge in [-0.25, -0.2) is 14.2 Å². The van der Waals surface area contributed by atoms with Crippen LogP contribution >= 0.6 is 11.8 Å². The van der Waals surface area contributed by atoms with Crippen molar-refractivity contribution in [3.05, 3.63) is 59.9 Å². The Labute approximate surface area is 170 Å². The van der Waals surface area contributed by atoms with Gasteiger partial charge in [-0.1, -0.05) is 17.8 Å². The minimum atomic E-state index is -1.06. The second-order valence-corrected chi connectivity index (χ2v) is 7.36. The van der Waals surface area contributed by atoms with Crippen LogP contribution in [0.2, 0.25) is 0 Å². The molecule has 2 aromatic rings. The van der Waals surface area contributed by atoms with Crippen molar-refractivity contribution in [1.82, 2.24) is 4.90 Å². The highest BCUT2D eigenvalue weighted by Gasteiger charge is 2.35. The maximum atomic E-state index is 13.4. The Hall–Kier alpha value is -3.20. The van der Waals surface area contributed by atoms with Crippen LogP contribution < -0.4 is 5.32 Å². The topological polar surface area (TPSA) is 99.1 Å². The summed E-state index contributed by atoms with van der Waals surface area (Å²) in [6.45, 7) is 2.18. The molecule has 150 valence electrons. The molecule has 0 saturated carbocycles. The van der Waals surface area contributed by atoms with Crippen molar-refractivity contribution in [3.63, 3.8) is 0 Å². The minimum absolute atomic E-state index is 0.000277. The summed E-state index contributed by atoms with van der Waals surface area (Å²) >= 11 is 1.13. The first-order valence-corrected chi connectivity index (χ1v) is 9.71. The van der Waals surface area contributed by atoms with Crippen LogP contribution in [0, 0.1) is 5.82 Å². The molecule has 0 bridgehead atoms. The molecule has 1 atom stereocenters. The lowest BCUT2D eigenvalue weighted by Crippen LogP contribution is -2.45. The van der Waals surface area contributed by atoms with Gasteiger partial charge in [-0.3, -0.25) is 14.5 Å². The van der Waals surface area contributed by atoms with Gasteiger partial charge < -0.3 is 10.4 Å². The Kier molecular flexibility index (Phi) is 6.28. The van der Waals surface area contributed by atoms with E-state index in [1.165, 1.54) is 47.4 Å². The molecule has 1 fully saturated rings. The molecule has 1 heterocycles. The first kappa shape index (κ1) is 20.5. The fourth-order valence-electron chi connectivity index (χ4n) is 2.73. The number of benzene rings is 2. The van der Waals surface area contributed by atoms with Crippen LogP contribution in [-0.4, -0.2) is 44.8 Å². The zero-order valence-corrected chi connectivity index (χ0v) is 16.3. The van der Waals surface area contributed by atoms with E-state index >= 15 is 0 Å². The Morgan fingerprint density at radius 2 is 2.00 bits per heavy atom. The number of amidine groups is 1. The van der Waals surface area contributed by atoms with E-state index in [4.69, 9.17) is 5.11 Å². The van der Waals surface area contributed by atoms with Crippen molar-refractivity contribution in [2.45, 2.75) is 18.6 Å². The van der Waals surface area contributed by atoms with Gasteiger partial charge >= 0.3 is 5.97 Å². The Balaban J connectivity index is 1.78. The summed E-state index contributed by atoms with van der Waals surface area (Å²) in [6.07, 6.45) is -0.000277. The number of carbonyl (C=O) groups is 3. The van der Waals surface area contributed by atoms with E-state index in [1.54, 1.807) is 13.0 Å². The van der Waals surface area contributed by atoms with Crippen LogP contribution in [0.25, 0.3) is 0 Å². The van der Waals surface area contributed by atoms with Gasteiger partial charge in [0.25, 0.3) is 0 Å². The lowest BCUT2D eigenvalue weighted by Gasteiger charge is -2.30. The molecule has 9 heteroatoms. The molecular formula is C20H18FN3O4S. The van der Waals surface area contributed by atoms with E-state index < -0.39 is 22.9 Å². The average molecular weight is 415 g/mol. The molecule has 2 aromatic carbocycles. The van der Waals surface area contributed by atoms with Crippen LogP contribution in [0.3, 0.4) is 0 Å². The number of amides is 2. The van der Waals surface area contributed by atoms with Gasteiger partial charge in [0.05, 0.1) is 11.3 Å². The van der Waals surface area contributed by atoms with E-state index in [0.717, 1.165) is 11.8 Å². The first-order valence-electron chi connectivity index (χ1n) is 8.83. The van der Waals surface area contributed by atoms with Gasteiger partial charge in [-0.15, -0.1) is 0 Å². The summed E-state index contributed by atoms with van der Waals surface area (Å²) in [5.41, 5.74) is 0.881. The Morgan fingerprint density at radius 1 is 1.28 bits per heavy atom. The number of aliphatic imine (C=N–C) groups is 1. The van der Waals surface area contributed by atoms with E-state index in [2.05, 4.69) is 10.3 Å². The largest absolute Gasteiger partial charge is 0.478 e. The molecule has 3 rings (SSSR count). The number of carboxylic acids is 1. The number of hydrogen-bond acceptors (Lipinski definition) is 5. The van der Waals surface area contributed by atoms with E-state index in [-0.39, 0.29) is 17.9 Å². The van der Waals surface area contributed by atoms with Gasteiger partial charge in [0.15, 0.2) is 5.17 Å². The van der Waals surface area contributed by atoms with Crippen molar-refractivity contribution < 1.29 is 23.9 Å². The Morgan fingerprint density at radius 3 is 2.62 bits per heavy atom. The summed E-state index contributed by atoms with van der Waals surface area (Å²) in [6, 6.07) is 11.4. The van der Waals surface area contributed by atoms with Crippen molar-refractivity contribution in [1.29, 1.82) is 0 Å². The third-order valence-electron chi connectivity index (χ3n) is 4.18. The number of carboxylic acid groups (broad SMARTS) is 1. The molecule has 2 N–H and O–H groups in total. The fourth-order valence-corrected chi connectivity index (χ4v) is 3.89. The summed E-state index contributed by atoms with van der Waals surface area (Å²) in [4.78, 5) is 41.9. The smallest absolute Gasteiger partial charge is 0.335 e. The number of rotatable bonds is 5. The molecule has 1 aliphatic heterocycles. The third-order valence-corrected chi connectivity index (χ3v) is 5.37. The molecule has 2 amide bonds. The molecule has 0 aromatic heterocycles. The molecule has 0 radical (unpaired) electrons. The van der Waals surface area contributed by atoms with Gasteiger partial charge in [-0.2, -0.15) is 0 Å². The van der Waals surface area contributed by atoms with Crippen LogP contribution in [0.1, 0.15) is 23.7 Å². The number of carbonyl (C=O) groups excluding carboxylic acids is 2. The van der Waals surface area contributed by atoms with E-state index in [9.17, 15) is 18.8 Å². The molecule has 0 spiro atoms. The number of hydrogen-bond donors (Lipinski definition) is 2. The molecular weight excluding hydrogens is 397 g/mol. The molecule has 1 aliphatic rings. The lowest BCUT2D eigenvalue weighted by molar-refractivity contribution is -0.129. The third kappa shape index (κ3) is 5.00. The SMILES string of the molecule is CCN1C(=O)C[C@@H](C(=O)Nc2ccc(C(=O)O)cc2)SC1=Nc1cccc(F)c1. The molecule has 7 nitrogen and oxygen atoms in total. The second-order valence-electron chi connectivity index (χ2n) is 6.19. The molecule has 0 unspecified atom stereocenters. The van der Waals surface area contributed by atoms with Gasteiger partial charge in [0.1, 0.15) is 11.1 Å². The fraction of sp³-hybridized carbons (Fsp3) is 0.200. The van der Waals surface area contributed by atoms with Crippen LogP contribution in [0.4, 0.5) is 15.8 Å². The predicted molar refractivity (Wildman–Crippen MR) is 109 cm³/mol. The van der Waals surface area contributed by atoms with Crippen molar-refractivity contribution >= 4 is 46.1 Å². The highest BCUT2D eigenvalue weighted by Crippen LogP contribution is 2.30. The van der Waals surface area contributed by atoms with Gasteiger partial charge in [0.2, 0.25) is 11.8 Å². The Bertz CT molecular complexity index is 978. The minimum Gasteiger partial charge on any atom is -0.478 e. The number of nitrogens with one attached hydrogen (secondary N) is 1. The summed E-state index contributed by atoms with van der Waals surface area (Å²) < 4.78 is 13.4. The van der Waals surface area contributed by atoms with Crippen LogP contribution in [0.5, 0.6) is 0 Å². The number of aromatic carboxylic acids is 1. The van der Waals surface area contributed by atoms with Crippen molar-refractivity contribution in [2.75, 3.05) is 11.9 Å². The normalized spacial score (nSPS) is 18.0. The first-order chi connectivity index (χ1) is 13.9. The maximum absolute atomic E-state index is 13.4. The van der Waals surface area contributed by atoms with E-state index in [1.807, 2.05) is 0 Å². The standard InChI is InChI=1S/C20H18FN3O4S/c1-2-24-17(25)11-16(29-20(24)23-15-5-3-4-13(21)10-15)18(26)22-14-8-6-12(7-9-14)19(27)28/h3-10,16H,2,11H2,1H3,(H,22,26)(H,27,28)/t16-/m0/s1. The molecule has 1 saturated heterocycles. The zero-order valence-electron chi connectivity index (χ0n) is 15.5. The number of halogens is 1. The van der Waals surface area contributed by atoms with Crippen LogP contribution in [-0.2, 0) is 9.59 Å². The number of anilines is 1. The van der Waals surface area contributed by atoms with Gasteiger partial charge in [-0.05, 0) is 49.4 Å². The maximum Gasteiger partial charge on any atom is 0.335 e. The van der Waals surface area contributed by atoms with Crippen LogP contribution in [0.15, 0.2) is 53.5 Å².